The Bertz CT molecular complexity index is 1330. The quantitative estimate of drug-likeness (QED) is 0.293. The maximum atomic E-state index is 14.0. The van der Waals surface area contributed by atoms with E-state index in [2.05, 4.69) is 27.9 Å². The van der Waals surface area contributed by atoms with Crippen LogP contribution in [0.25, 0.3) is 0 Å². The minimum Gasteiger partial charge on any atom is -0.354 e. The number of nitrogens with zero attached hydrogens (tertiary/aromatic N) is 2. The van der Waals surface area contributed by atoms with Gasteiger partial charge < -0.3 is 10.2 Å². The van der Waals surface area contributed by atoms with Crippen LogP contribution >= 0.6 is 22.6 Å². The molecule has 3 rings (SSSR count). The predicted octanol–water partition coefficient (Wildman–Crippen LogP) is 4.53. The predicted molar refractivity (Wildman–Crippen MR) is 160 cm³/mol. The topological polar surface area (TPSA) is 86.8 Å². The summed E-state index contributed by atoms with van der Waals surface area (Å²) in [4.78, 5) is 29.0. The van der Waals surface area contributed by atoms with Crippen LogP contribution in [-0.2, 0) is 32.6 Å². The number of carbonyl (C=O) groups excluding carboxylic acids is 2. The van der Waals surface area contributed by atoms with Gasteiger partial charge in [0.2, 0.25) is 21.8 Å². The number of amides is 2. The number of halogens is 1. The van der Waals surface area contributed by atoms with E-state index in [9.17, 15) is 18.0 Å². The highest BCUT2D eigenvalue weighted by molar-refractivity contribution is 14.1. The third kappa shape index (κ3) is 8.56. The lowest BCUT2D eigenvalue weighted by molar-refractivity contribution is -0.140. The van der Waals surface area contributed by atoms with Crippen LogP contribution in [0.4, 0.5) is 5.69 Å². The highest BCUT2D eigenvalue weighted by atomic mass is 127. The van der Waals surface area contributed by atoms with Crippen molar-refractivity contribution < 1.29 is 18.0 Å². The van der Waals surface area contributed by atoms with Crippen molar-refractivity contribution >= 4 is 50.1 Å². The van der Waals surface area contributed by atoms with E-state index in [1.807, 2.05) is 68.4 Å². The molecule has 2 amide bonds. The van der Waals surface area contributed by atoms with Gasteiger partial charge in [-0.05, 0) is 71.3 Å². The molecule has 3 aromatic rings. The zero-order chi connectivity index (χ0) is 27.7. The van der Waals surface area contributed by atoms with Gasteiger partial charge in [0, 0.05) is 23.1 Å². The molecule has 38 heavy (non-hydrogen) atoms. The van der Waals surface area contributed by atoms with E-state index >= 15 is 0 Å². The van der Waals surface area contributed by atoms with Crippen molar-refractivity contribution in [3.05, 3.63) is 99.1 Å². The average Bonchev–Trinajstić information content (AvgIpc) is 2.88. The number of carbonyl (C=O) groups is 2. The van der Waals surface area contributed by atoms with Crippen LogP contribution in [-0.4, -0.2) is 50.5 Å². The first-order valence-electron chi connectivity index (χ1n) is 12.5. The second-order valence-electron chi connectivity index (χ2n) is 9.25. The molecule has 0 aromatic heterocycles. The average molecular weight is 648 g/mol. The molecule has 0 radical (unpaired) electrons. The molecule has 0 saturated carbocycles. The Morgan fingerprint density at radius 1 is 0.947 bits per heavy atom. The third-order valence-electron chi connectivity index (χ3n) is 6.05. The maximum Gasteiger partial charge on any atom is 0.244 e. The molecule has 0 aliphatic carbocycles. The molecule has 1 N–H and O–H groups in total. The van der Waals surface area contributed by atoms with E-state index < -0.39 is 28.5 Å². The fourth-order valence-corrected chi connectivity index (χ4v) is 5.36. The highest BCUT2D eigenvalue weighted by Crippen LogP contribution is 2.21. The van der Waals surface area contributed by atoms with Gasteiger partial charge in [0.25, 0.3) is 0 Å². The molecule has 0 bridgehead atoms. The van der Waals surface area contributed by atoms with Crippen molar-refractivity contribution in [3.63, 3.8) is 0 Å². The summed E-state index contributed by atoms with van der Waals surface area (Å²) in [5, 5.41) is 2.94. The van der Waals surface area contributed by atoms with Gasteiger partial charge in [0.1, 0.15) is 12.6 Å². The summed E-state index contributed by atoms with van der Waals surface area (Å²) in [6, 6.07) is 23.4. The van der Waals surface area contributed by atoms with Gasteiger partial charge in [-0.2, -0.15) is 0 Å². The Balaban J connectivity index is 2.03. The summed E-state index contributed by atoms with van der Waals surface area (Å²) in [5.74, 6) is -0.722. The van der Waals surface area contributed by atoms with E-state index in [1.54, 1.807) is 24.3 Å². The van der Waals surface area contributed by atoms with Crippen molar-refractivity contribution in [2.45, 2.75) is 39.3 Å². The van der Waals surface area contributed by atoms with Gasteiger partial charge in [-0.1, -0.05) is 67.1 Å². The van der Waals surface area contributed by atoms with Crippen molar-refractivity contribution in [1.82, 2.24) is 10.2 Å². The summed E-state index contributed by atoms with van der Waals surface area (Å²) < 4.78 is 27.6. The molecular weight excluding hydrogens is 613 g/mol. The van der Waals surface area contributed by atoms with E-state index in [4.69, 9.17) is 0 Å². The Hall–Kier alpha value is -2.92. The molecule has 0 heterocycles. The second-order valence-corrected chi connectivity index (χ2v) is 12.4. The summed E-state index contributed by atoms with van der Waals surface area (Å²) in [5.41, 5.74) is 3.19. The minimum atomic E-state index is -3.78. The van der Waals surface area contributed by atoms with Crippen LogP contribution in [0.2, 0.25) is 0 Å². The van der Waals surface area contributed by atoms with E-state index in [1.165, 1.54) is 4.90 Å². The number of benzene rings is 3. The van der Waals surface area contributed by atoms with Gasteiger partial charge in [0.05, 0.1) is 11.9 Å². The van der Waals surface area contributed by atoms with E-state index in [0.29, 0.717) is 18.7 Å². The van der Waals surface area contributed by atoms with Crippen molar-refractivity contribution in [2.24, 2.45) is 0 Å². The molecule has 0 aliphatic rings. The highest BCUT2D eigenvalue weighted by Gasteiger charge is 2.32. The zero-order valence-corrected chi connectivity index (χ0v) is 24.9. The van der Waals surface area contributed by atoms with Crippen LogP contribution in [0.3, 0.4) is 0 Å². The number of anilines is 1. The molecule has 7 nitrogen and oxygen atoms in total. The molecule has 0 fully saturated rings. The fourth-order valence-electron chi connectivity index (χ4n) is 4.15. The largest absolute Gasteiger partial charge is 0.354 e. The second kappa shape index (κ2) is 13.7. The normalized spacial score (nSPS) is 12.0. The van der Waals surface area contributed by atoms with Crippen molar-refractivity contribution in [2.75, 3.05) is 23.7 Å². The number of aryl methyl sites for hydroxylation is 1. The van der Waals surface area contributed by atoms with Gasteiger partial charge in [-0.15, -0.1) is 0 Å². The number of hydrogen-bond donors (Lipinski definition) is 1. The third-order valence-corrected chi connectivity index (χ3v) is 7.91. The first-order valence-corrected chi connectivity index (χ1v) is 15.4. The SMILES string of the molecule is CCCNC(=O)[C@@H](Cc1ccccc1)N(Cc1cccc(C)c1)C(=O)CN(c1ccc(I)cc1)S(C)(=O)=O. The van der Waals surface area contributed by atoms with Crippen LogP contribution in [0.15, 0.2) is 78.9 Å². The van der Waals surface area contributed by atoms with Crippen molar-refractivity contribution in [3.8, 4) is 0 Å². The van der Waals surface area contributed by atoms with Crippen LogP contribution < -0.4 is 9.62 Å². The van der Waals surface area contributed by atoms with Gasteiger partial charge in [0.15, 0.2) is 0 Å². The van der Waals surface area contributed by atoms with E-state index in [-0.39, 0.29) is 12.5 Å². The molecule has 202 valence electrons. The van der Waals surface area contributed by atoms with Crippen molar-refractivity contribution in [1.29, 1.82) is 0 Å². The van der Waals surface area contributed by atoms with Gasteiger partial charge in [-0.25, -0.2) is 8.42 Å². The summed E-state index contributed by atoms with van der Waals surface area (Å²) in [6.45, 7) is 4.16. The Kier molecular flexibility index (Phi) is 10.7. The van der Waals surface area contributed by atoms with E-state index in [0.717, 1.165) is 37.2 Å². The standard InChI is InChI=1S/C29H34IN3O4S/c1-4-17-31-29(35)27(19-23-10-6-5-7-11-23)32(20-24-12-8-9-22(2)18-24)28(34)21-33(38(3,36)37)26-15-13-25(30)14-16-26/h5-16,18,27H,4,17,19-21H2,1-3H3,(H,31,35)/t27-/m1/s1. The first-order chi connectivity index (χ1) is 18.1. The minimum absolute atomic E-state index is 0.169. The lowest BCUT2D eigenvalue weighted by Gasteiger charge is -2.33. The lowest BCUT2D eigenvalue weighted by Crippen LogP contribution is -2.53. The van der Waals surface area contributed by atoms with Crippen LogP contribution in [0.1, 0.15) is 30.0 Å². The molecule has 9 heteroatoms. The number of nitrogens with one attached hydrogen (secondary N) is 1. The summed E-state index contributed by atoms with van der Waals surface area (Å²) >= 11 is 2.14. The molecule has 0 aliphatic heterocycles. The summed E-state index contributed by atoms with van der Waals surface area (Å²) in [7, 11) is -3.78. The fraction of sp³-hybridized carbons (Fsp3) is 0.310. The monoisotopic (exact) mass is 647 g/mol. The number of sulfonamides is 1. The maximum absolute atomic E-state index is 14.0. The lowest BCUT2D eigenvalue weighted by atomic mass is 10.0. The van der Waals surface area contributed by atoms with Crippen LogP contribution in [0.5, 0.6) is 0 Å². The Morgan fingerprint density at radius 3 is 2.21 bits per heavy atom. The summed E-state index contributed by atoms with van der Waals surface area (Å²) in [6.07, 6.45) is 2.14. The number of rotatable bonds is 12. The van der Waals surface area contributed by atoms with Gasteiger partial charge >= 0.3 is 0 Å². The molecule has 0 unspecified atom stereocenters. The Labute approximate surface area is 239 Å². The Morgan fingerprint density at radius 2 is 1.61 bits per heavy atom. The smallest absolute Gasteiger partial charge is 0.244 e. The molecule has 0 spiro atoms. The molecular formula is C29H34IN3O4S. The van der Waals surface area contributed by atoms with Crippen LogP contribution in [0, 0.1) is 10.5 Å². The van der Waals surface area contributed by atoms with Gasteiger partial charge in [-0.3, -0.25) is 13.9 Å². The molecule has 3 aromatic carbocycles. The number of hydrogen-bond acceptors (Lipinski definition) is 4. The zero-order valence-electron chi connectivity index (χ0n) is 21.9. The first kappa shape index (κ1) is 29.6. The molecule has 0 saturated heterocycles. The molecule has 1 atom stereocenters.